The van der Waals surface area contributed by atoms with Crippen molar-refractivity contribution in [3.8, 4) is 5.75 Å². The van der Waals surface area contributed by atoms with Gasteiger partial charge in [-0.05, 0) is 25.1 Å². The van der Waals surface area contributed by atoms with Gasteiger partial charge in [0, 0.05) is 30.2 Å². The summed E-state index contributed by atoms with van der Waals surface area (Å²) in [6, 6.07) is 15.1. The first-order valence-corrected chi connectivity index (χ1v) is 9.05. The monoisotopic (exact) mass is 363 g/mol. The fourth-order valence-corrected chi connectivity index (χ4v) is 3.32. The number of para-hydroxylation sites is 3. The van der Waals surface area contributed by atoms with Crippen LogP contribution in [0.4, 0.5) is 5.69 Å². The molecule has 0 aliphatic carbocycles. The van der Waals surface area contributed by atoms with Gasteiger partial charge in [0.2, 0.25) is 5.91 Å². The van der Waals surface area contributed by atoms with Crippen molar-refractivity contribution in [2.75, 3.05) is 25.0 Å². The molecule has 6 heteroatoms. The van der Waals surface area contributed by atoms with Gasteiger partial charge in [0.05, 0.1) is 23.8 Å². The first kappa shape index (κ1) is 17.1. The first-order chi connectivity index (χ1) is 13.2. The van der Waals surface area contributed by atoms with Crippen LogP contribution in [-0.4, -0.2) is 41.4 Å². The molecule has 6 nitrogen and oxygen atoms in total. The number of nitrogens with zero attached hydrogens (tertiary/aromatic N) is 1. The summed E-state index contributed by atoms with van der Waals surface area (Å²) in [7, 11) is 0. The third-order valence-corrected chi connectivity index (χ3v) is 4.80. The van der Waals surface area contributed by atoms with Gasteiger partial charge in [-0.1, -0.05) is 30.3 Å². The van der Waals surface area contributed by atoms with Gasteiger partial charge in [-0.3, -0.25) is 9.59 Å². The van der Waals surface area contributed by atoms with Crippen molar-refractivity contribution in [3.05, 3.63) is 60.3 Å². The molecule has 1 aromatic heterocycles. The van der Waals surface area contributed by atoms with Crippen LogP contribution in [-0.2, 0) is 4.79 Å². The molecule has 1 aliphatic rings. The molecule has 2 N–H and O–H groups in total. The van der Waals surface area contributed by atoms with Crippen LogP contribution in [0.3, 0.4) is 0 Å². The highest BCUT2D eigenvalue weighted by molar-refractivity contribution is 6.07. The molecule has 3 aromatic rings. The second-order valence-electron chi connectivity index (χ2n) is 6.57. The summed E-state index contributed by atoms with van der Waals surface area (Å²) >= 11 is 0. The molecule has 4 rings (SSSR count). The Bertz CT molecular complexity index is 989. The van der Waals surface area contributed by atoms with Gasteiger partial charge in [0.1, 0.15) is 5.75 Å². The average Bonchev–Trinajstić information content (AvgIpc) is 3.06. The van der Waals surface area contributed by atoms with Crippen LogP contribution in [0, 0.1) is 5.92 Å². The number of nitrogens with one attached hydrogen (secondary N) is 2. The predicted molar refractivity (Wildman–Crippen MR) is 104 cm³/mol. The average molecular weight is 363 g/mol. The molecule has 1 saturated heterocycles. The molecule has 1 aliphatic heterocycles. The summed E-state index contributed by atoms with van der Waals surface area (Å²) in [5.41, 5.74) is 2.24. The van der Waals surface area contributed by atoms with E-state index in [0.717, 1.165) is 10.9 Å². The third-order valence-electron chi connectivity index (χ3n) is 4.80. The fourth-order valence-electron chi connectivity index (χ4n) is 3.32. The quantitative estimate of drug-likeness (QED) is 0.731. The Balaban J connectivity index is 1.39. The van der Waals surface area contributed by atoms with Crippen molar-refractivity contribution in [1.82, 2.24) is 9.88 Å². The van der Waals surface area contributed by atoms with E-state index in [9.17, 15) is 9.59 Å². The minimum absolute atomic E-state index is 0.0498. The van der Waals surface area contributed by atoms with E-state index in [4.69, 9.17) is 4.74 Å². The Morgan fingerprint density at radius 2 is 1.89 bits per heavy atom. The number of benzene rings is 2. The highest BCUT2D eigenvalue weighted by Crippen LogP contribution is 2.27. The number of rotatable bonds is 5. The number of fused-ring (bicyclic) bond motifs is 1. The second-order valence-corrected chi connectivity index (χ2v) is 6.57. The van der Waals surface area contributed by atoms with E-state index in [1.807, 2.05) is 55.5 Å². The maximum atomic E-state index is 12.7. The van der Waals surface area contributed by atoms with Crippen molar-refractivity contribution in [2.45, 2.75) is 6.92 Å². The van der Waals surface area contributed by atoms with E-state index < -0.39 is 0 Å². The predicted octanol–water partition coefficient (Wildman–Crippen LogP) is 3.28. The lowest BCUT2D eigenvalue weighted by Crippen LogP contribution is -2.54. The smallest absolute Gasteiger partial charge is 0.256 e. The zero-order chi connectivity index (χ0) is 18.8. The highest BCUT2D eigenvalue weighted by Gasteiger charge is 2.36. The topological polar surface area (TPSA) is 74.4 Å². The van der Waals surface area contributed by atoms with Crippen molar-refractivity contribution < 1.29 is 14.3 Å². The summed E-state index contributed by atoms with van der Waals surface area (Å²) in [5.74, 6) is 0.296. The van der Waals surface area contributed by atoms with Crippen molar-refractivity contribution in [1.29, 1.82) is 0 Å². The van der Waals surface area contributed by atoms with Crippen LogP contribution in [0.2, 0.25) is 0 Å². The van der Waals surface area contributed by atoms with Gasteiger partial charge in [-0.25, -0.2) is 0 Å². The first-order valence-electron chi connectivity index (χ1n) is 9.05. The standard InChI is InChI=1S/C21H21N3O3/c1-2-27-19-10-6-5-9-18(19)23-20(25)14-12-24(13-14)21(26)16-11-22-17-8-4-3-7-15(16)17/h3-11,14,22H,2,12-13H2,1H3,(H,23,25). The molecule has 0 spiro atoms. The van der Waals surface area contributed by atoms with E-state index in [2.05, 4.69) is 10.3 Å². The Kier molecular flexibility index (Phi) is 4.54. The number of carbonyl (C=O) groups excluding carboxylic acids is 2. The lowest BCUT2D eigenvalue weighted by Gasteiger charge is -2.38. The number of H-pyrrole nitrogens is 1. The summed E-state index contributed by atoms with van der Waals surface area (Å²) < 4.78 is 5.54. The number of carbonyl (C=O) groups is 2. The van der Waals surface area contributed by atoms with Gasteiger partial charge in [0.25, 0.3) is 5.91 Å². The Hall–Kier alpha value is -3.28. The lowest BCUT2D eigenvalue weighted by molar-refractivity contribution is -0.123. The number of hydrogen-bond acceptors (Lipinski definition) is 3. The van der Waals surface area contributed by atoms with Crippen molar-refractivity contribution in [2.24, 2.45) is 5.92 Å². The fraction of sp³-hybridized carbons (Fsp3) is 0.238. The number of hydrogen-bond donors (Lipinski definition) is 2. The molecule has 0 unspecified atom stereocenters. The van der Waals surface area contributed by atoms with Crippen LogP contribution in [0.25, 0.3) is 10.9 Å². The molecule has 138 valence electrons. The van der Waals surface area contributed by atoms with Crippen LogP contribution < -0.4 is 10.1 Å². The number of likely N-dealkylation sites (tertiary alicyclic amines) is 1. The molecule has 2 heterocycles. The minimum atomic E-state index is -0.214. The Labute approximate surface area is 157 Å². The van der Waals surface area contributed by atoms with Crippen LogP contribution in [0.15, 0.2) is 54.7 Å². The maximum Gasteiger partial charge on any atom is 0.256 e. The summed E-state index contributed by atoms with van der Waals surface area (Å²) in [5, 5.41) is 3.82. The lowest BCUT2D eigenvalue weighted by atomic mass is 9.97. The molecule has 2 aromatic carbocycles. The number of aromatic amines is 1. The van der Waals surface area contributed by atoms with E-state index in [-0.39, 0.29) is 17.7 Å². The van der Waals surface area contributed by atoms with Crippen LogP contribution in [0.1, 0.15) is 17.3 Å². The SMILES string of the molecule is CCOc1ccccc1NC(=O)C1CN(C(=O)c2c[nH]c3ccccc23)C1. The molecule has 0 atom stereocenters. The van der Waals surface area contributed by atoms with E-state index in [0.29, 0.717) is 36.7 Å². The molecular weight excluding hydrogens is 342 g/mol. The van der Waals surface area contributed by atoms with Crippen molar-refractivity contribution in [3.63, 3.8) is 0 Å². The zero-order valence-corrected chi connectivity index (χ0v) is 15.1. The number of ether oxygens (including phenoxy) is 1. The summed E-state index contributed by atoms with van der Waals surface area (Å²) in [6.45, 7) is 3.27. The van der Waals surface area contributed by atoms with Crippen molar-refractivity contribution >= 4 is 28.4 Å². The Morgan fingerprint density at radius 3 is 2.70 bits per heavy atom. The number of aromatic nitrogens is 1. The number of amides is 2. The summed E-state index contributed by atoms with van der Waals surface area (Å²) in [6.07, 6.45) is 1.73. The minimum Gasteiger partial charge on any atom is -0.492 e. The summed E-state index contributed by atoms with van der Waals surface area (Å²) in [4.78, 5) is 30.0. The van der Waals surface area contributed by atoms with E-state index >= 15 is 0 Å². The molecule has 27 heavy (non-hydrogen) atoms. The second kappa shape index (κ2) is 7.15. The molecule has 1 fully saturated rings. The molecular formula is C21H21N3O3. The largest absolute Gasteiger partial charge is 0.492 e. The molecule has 0 saturated carbocycles. The van der Waals surface area contributed by atoms with E-state index in [1.165, 1.54) is 0 Å². The number of anilines is 1. The maximum absolute atomic E-state index is 12.7. The molecule has 0 bridgehead atoms. The highest BCUT2D eigenvalue weighted by atomic mass is 16.5. The molecule has 2 amide bonds. The molecule has 0 radical (unpaired) electrons. The van der Waals surface area contributed by atoms with Gasteiger partial charge in [-0.15, -0.1) is 0 Å². The third kappa shape index (κ3) is 3.26. The van der Waals surface area contributed by atoms with Gasteiger partial charge in [0.15, 0.2) is 0 Å². The Morgan fingerprint density at radius 1 is 1.15 bits per heavy atom. The van der Waals surface area contributed by atoms with Crippen LogP contribution in [0.5, 0.6) is 5.75 Å². The normalized spacial score (nSPS) is 14.0. The van der Waals surface area contributed by atoms with Crippen LogP contribution >= 0.6 is 0 Å². The van der Waals surface area contributed by atoms with Gasteiger partial charge >= 0.3 is 0 Å². The van der Waals surface area contributed by atoms with E-state index in [1.54, 1.807) is 11.1 Å². The van der Waals surface area contributed by atoms with Gasteiger partial charge in [-0.2, -0.15) is 0 Å². The zero-order valence-electron chi connectivity index (χ0n) is 15.1. The van der Waals surface area contributed by atoms with Gasteiger partial charge < -0.3 is 19.9 Å².